The summed E-state index contributed by atoms with van der Waals surface area (Å²) in [7, 11) is 0. The molecule has 130 valence electrons. The number of carbonyl (C=O) groups is 2. The number of aromatic nitrogens is 2. The Morgan fingerprint density at radius 2 is 1.08 bits per heavy atom. The van der Waals surface area contributed by atoms with Gasteiger partial charge in [0, 0.05) is 22.2 Å². The lowest BCUT2D eigenvalue weighted by Gasteiger charge is -2.12. The van der Waals surface area contributed by atoms with Crippen LogP contribution in [0.5, 0.6) is 0 Å². The maximum Gasteiger partial charge on any atom is 0.329 e. The fraction of sp³-hybridized carbons (Fsp3) is 0.100. The maximum atomic E-state index is 12.4. The van der Waals surface area contributed by atoms with E-state index in [1.807, 2.05) is 74.5 Å². The van der Waals surface area contributed by atoms with Gasteiger partial charge >= 0.3 is 11.8 Å². The van der Waals surface area contributed by atoms with Crippen LogP contribution in [0.15, 0.2) is 60.7 Å². The standard InChI is InChI=1S/C20H18N4O2/c1-13-11-15-7-3-5-9-17(15)23(13)21-19(25)20(26)22-24-14(2)12-16-8-4-6-10-18(16)24/h3-12H,1-2H3,(H,21,25)(H,22,26). The monoisotopic (exact) mass is 346 g/mol. The molecule has 0 aliphatic heterocycles. The molecule has 4 rings (SSSR count). The highest BCUT2D eigenvalue weighted by atomic mass is 16.2. The van der Waals surface area contributed by atoms with E-state index in [1.165, 1.54) is 0 Å². The van der Waals surface area contributed by atoms with E-state index >= 15 is 0 Å². The molecule has 0 fully saturated rings. The normalized spacial score (nSPS) is 11.0. The van der Waals surface area contributed by atoms with E-state index < -0.39 is 11.8 Å². The fourth-order valence-corrected chi connectivity index (χ4v) is 3.19. The summed E-state index contributed by atoms with van der Waals surface area (Å²) in [5, 5.41) is 2.00. The number of fused-ring (bicyclic) bond motifs is 2. The van der Waals surface area contributed by atoms with Crippen LogP contribution < -0.4 is 10.9 Å². The van der Waals surface area contributed by atoms with Gasteiger partial charge in [-0.05, 0) is 38.1 Å². The van der Waals surface area contributed by atoms with Gasteiger partial charge in [0.25, 0.3) is 0 Å². The number of hydrogen-bond acceptors (Lipinski definition) is 2. The first-order valence-corrected chi connectivity index (χ1v) is 8.31. The molecule has 0 aliphatic carbocycles. The molecule has 2 aromatic heterocycles. The topological polar surface area (TPSA) is 68.1 Å². The smallest absolute Gasteiger partial charge is 0.262 e. The van der Waals surface area contributed by atoms with Crippen LogP contribution >= 0.6 is 0 Å². The van der Waals surface area contributed by atoms with Crippen molar-refractivity contribution >= 4 is 33.6 Å². The average Bonchev–Trinajstić information content (AvgIpc) is 3.12. The van der Waals surface area contributed by atoms with Gasteiger partial charge in [-0.2, -0.15) is 0 Å². The molecule has 0 saturated heterocycles. The molecule has 2 aromatic carbocycles. The van der Waals surface area contributed by atoms with Crippen molar-refractivity contribution in [3.63, 3.8) is 0 Å². The van der Waals surface area contributed by atoms with Crippen LogP contribution in [0.25, 0.3) is 21.8 Å². The van der Waals surface area contributed by atoms with Crippen molar-refractivity contribution in [2.24, 2.45) is 0 Å². The molecule has 2 N–H and O–H groups in total. The largest absolute Gasteiger partial charge is 0.329 e. The summed E-state index contributed by atoms with van der Waals surface area (Å²) in [4.78, 5) is 24.8. The van der Waals surface area contributed by atoms with Gasteiger partial charge in [-0.3, -0.25) is 29.8 Å². The van der Waals surface area contributed by atoms with E-state index in [1.54, 1.807) is 9.35 Å². The van der Waals surface area contributed by atoms with E-state index in [4.69, 9.17) is 0 Å². The summed E-state index contributed by atoms with van der Waals surface area (Å²) in [5.41, 5.74) is 8.70. The molecule has 0 aliphatic rings. The van der Waals surface area contributed by atoms with E-state index in [9.17, 15) is 9.59 Å². The van der Waals surface area contributed by atoms with Crippen LogP contribution in [0, 0.1) is 13.8 Å². The zero-order chi connectivity index (χ0) is 18.3. The number of benzene rings is 2. The molecular weight excluding hydrogens is 328 g/mol. The van der Waals surface area contributed by atoms with Crippen molar-refractivity contribution in [3.05, 3.63) is 72.1 Å². The van der Waals surface area contributed by atoms with Crippen molar-refractivity contribution < 1.29 is 9.59 Å². The van der Waals surface area contributed by atoms with E-state index in [0.717, 1.165) is 33.2 Å². The molecule has 0 atom stereocenters. The van der Waals surface area contributed by atoms with Gasteiger partial charge in [0.05, 0.1) is 11.0 Å². The number of carbonyl (C=O) groups excluding carboxylic acids is 2. The number of rotatable bonds is 2. The highest BCUT2D eigenvalue weighted by molar-refractivity contribution is 6.41. The summed E-state index contributed by atoms with van der Waals surface area (Å²) < 4.78 is 3.25. The quantitative estimate of drug-likeness (QED) is 0.548. The second kappa shape index (κ2) is 6.07. The van der Waals surface area contributed by atoms with Crippen molar-refractivity contribution in [2.75, 3.05) is 10.9 Å². The zero-order valence-corrected chi connectivity index (χ0v) is 14.5. The Labute approximate surface area is 150 Å². The van der Waals surface area contributed by atoms with Crippen molar-refractivity contribution in [1.29, 1.82) is 0 Å². The average molecular weight is 346 g/mol. The minimum atomic E-state index is -0.730. The maximum absolute atomic E-state index is 12.4. The van der Waals surface area contributed by atoms with Crippen LogP contribution in [-0.2, 0) is 9.59 Å². The SMILES string of the molecule is Cc1cc2ccccc2n1NC(=O)C(=O)Nn1c(C)cc2ccccc21. The Balaban J connectivity index is 1.59. The van der Waals surface area contributed by atoms with Crippen LogP contribution in [0.4, 0.5) is 0 Å². The number of nitrogens with zero attached hydrogens (tertiary/aromatic N) is 2. The number of amides is 2. The molecule has 26 heavy (non-hydrogen) atoms. The van der Waals surface area contributed by atoms with E-state index in [-0.39, 0.29) is 0 Å². The van der Waals surface area contributed by atoms with Gasteiger partial charge < -0.3 is 0 Å². The minimum absolute atomic E-state index is 0.730. The molecule has 2 amide bonds. The van der Waals surface area contributed by atoms with Crippen LogP contribution in [0.3, 0.4) is 0 Å². The lowest BCUT2D eigenvalue weighted by molar-refractivity contribution is -0.134. The van der Waals surface area contributed by atoms with Crippen molar-refractivity contribution in [1.82, 2.24) is 9.35 Å². The molecule has 2 heterocycles. The molecule has 6 nitrogen and oxygen atoms in total. The number of aryl methyl sites for hydroxylation is 2. The van der Waals surface area contributed by atoms with Crippen LogP contribution in [-0.4, -0.2) is 21.2 Å². The minimum Gasteiger partial charge on any atom is -0.262 e. The summed E-state index contributed by atoms with van der Waals surface area (Å²) in [6, 6.07) is 19.3. The highest BCUT2D eigenvalue weighted by Gasteiger charge is 2.18. The Hall–Kier alpha value is -3.54. The number of nitrogens with one attached hydrogen (secondary N) is 2. The molecule has 0 unspecified atom stereocenters. The van der Waals surface area contributed by atoms with Crippen molar-refractivity contribution in [3.8, 4) is 0 Å². The van der Waals surface area contributed by atoms with Gasteiger partial charge in [0.15, 0.2) is 0 Å². The second-order valence-corrected chi connectivity index (χ2v) is 6.24. The summed E-state index contributed by atoms with van der Waals surface area (Å²) in [5.74, 6) is -1.46. The van der Waals surface area contributed by atoms with Gasteiger partial charge in [0.2, 0.25) is 0 Å². The zero-order valence-electron chi connectivity index (χ0n) is 14.5. The number of para-hydroxylation sites is 2. The van der Waals surface area contributed by atoms with Gasteiger partial charge in [-0.1, -0.05) is 36.4 Å². The summed E-state index contributed by atoms with van der Waals surface area (Å²) >= 11 is 0. The van der Waals surface area contributed by atoms with E-state index in [2.05, 4.69) is 10.9 Å². The first kappa shape index (κ1) is 16.0. The predicted octanol–water partition coefficient (Wildman–Crippen LogP) is 3.05. The third-order valence-electron chi connectivity index (χ3n) is 4.42. The van der Waals surface area contributed by atoms with Gasteiger partial charge in [-0.15, -0.1) is 0 Å². The third kappa shape index (κ3) is 2.61. The number of hydrogen-bond donors (Lipinski definition) is 2. The van der Waals surface area contributed by atoms with Crippen LogP contribution in [0.1, 0.15) is 11.4 Å². The highest BCUT2D eigenvalue weighted by Crippen LogP contribution is 2.18. The third-order valence-corrected chi connectivity index (χ3v) is 4.42. The second-order valence-electron chi connectivity index (χ2n) is 6.24. The fourth-order valence-electron chi connectivity index (χ4n) is 3.19. The predicted molar refractivity (Wildman–Crippen MR) is 102 cm³/mol. The lowest BCUT2D eigenvalue weighted by atomic mass is 10.2. The molecule has 0 spiro atoms. The lowest BCUT2D eigenvalue weighted by Crippen LogP contribution is -2.38. The van der Waals surface area contributed by atoms with Gasteiger partial charge in [-0.25, -0.2) is 0 Å². The molecule has 0 bridgehead atoms. The molecule has 4 aromatic rings. The van der Waals surface area contributed by atoms with Crippen LogP contribution in [0.2, 0.25) is 0 Å². The molecule has 6 heteroatoms. The Morgan fingerprint density at radius 1 is 0.692 bits per heavy atom. The van der Waals surface area contributed by atoms with Gasteiger partial charge in [0.1, 0.15) is 0 Å². The Kier molecular flexibility index (Phi) is 3.73. The first-order valence-electron chi connectivity index (χ1n) is 8.31. The molecule has 0 saturated carbocycles. The summed E-state index contributed by atoms with van der Waals surface area (Å²) in [6.45, 7) is 3.75. The first-order chi connectivity index (χ1) is 12.5. The van der Waals surface area contributed by atoms with E-state index in [0.29, 0.717) is 0 Å². The molecular formula is C20H18N4O2. The Bertz CT molecular complexity index is 1060. The summed E-state index contributed by atoms with van der Waals surface area (Å²) in [6.07, 6.45) is 0. The molecule has 0 radical (unpaired) electrons. The van der Waals surface area contributed by atoms with Crippen molar-refractivity contribution in [2.45, 2.75) is 13.8 Å². The Morgan fingerprint density at radius 3 is 1.50 bits per heavy atom.